The van der Waals surface area contributed by atoms with Crippen molar-refractivity contribution in [2.75, 3.05) is 0 Å². The molecule has 0 heterocycles. The van der Waals surface area contributed by atoms with Crippen molar-refractivity contribution < 1.29 is 17.9 Å². The second-order valence-electron chi connectivity index (χ2n) is 7.21. The number of hydrogen-bond donors (Lipinski definition) is 1. The van der Waals surface area contributed by atoms with E-state index in [1.54, 1.807) is 36.4 Å². The van der Waals surface area contributed by atoms with E-state index in [0.29, 0.717) is 17.1 Å². The molecule has 0 saturated carbocycles. The molecular formula is C20H25NO4S. The summed E-state index contributed by atoms with van der Waals surface area (Å²) in [5, 5.41) is 1.57. The SMILES string of the molecule is C[C@H](C(=O)NC(C)(C)C)S(=O)(=O)Cc1ccccc1Oc1ccccc1. The maximum atomic E-state index is 12.7. The lowest BCUT2D eigenvalue weighted by molar-refractivity contribution is -0.121. The van der Waals surface area contributed by atoms with Gasteiger partial charge in [0.2, 0.25) is 5.91 Å². The number of ether oxygens (including phenoxy) is 1. The van der Waals surface area contributed by atoms with Crippen LogP contribution in [0.2, 0.25) is 0 Å². The first-order valence-electron chi connectivity index (χ1n) is 8.43. The fourth-order valence-corrected chi connectivity index (χ4v) is 3.62. The van der Waals surface area contributed by atoms with Gasteiger partial charge in [-0.2, -0.15) is 0 Å². The quantitative estimate of drug-likeness (QED) is 0.836. The highest BCUT2D eigenvalue weighted by Gasteiger charge is 2.31. The van der Waals surface area contributed by atoms with E-state index in [4.69, 9.17) is 4.74 Å². The third kappa shape index (κ3) is 5.59. The molecule has 0 aliphatic heterocycles. The lowest BCUT2D eigenvalue weighted by Gasteiger charge is -2.23. The van der Waals surface area contributed by atoms with Crippen LogP contribution in [-0.2, 0) is 20.4 Å². The van der Waals surface area contributed by atoms with Gasteiger partial charge in [-0.15, -0.1) is 0 Å². The minimum absolute atomic E-state index is 0.269. The van der Waals surface area contributed by atoms with Gasteiger partial charge in [-0.3, -0.25) is 4.79 Å². The minimum Gasteiger partial charge on any atom is -0.457 e. The summed E-state index contributed by atoms with van der Waals surface area (Å²) >= 11 is 0. The lowest BCUT2D eigenvalue weighted by Crippen LogP contribution is -2.47. The van der Waals surface area contributed by atoms with Crippen LogP contribution >= 0.6 is 0 Å². The van der Waals surface area contributed by atoms with Crippen molar-refractivity contribution in [1.82, 2.24) is 5.32 Å². The van der Waals surface area contributed by atoms with Crippen LogP contribution in [0.3, 0.4) is 0 Å². The van der Waals surface area contributed by atoms with Gasteiger partial charge in [-0.1, -0.05) is 36.4 Å². The van der Waals surface area contributed by atoms with Crippen molar-refractivity contribution in [3.8, 4) is 11.5 Å². The normalized spacial score (nSPS) is 13.1. The fraction of sp³-hybridized carbons (Fsp3) is 0.350. The molecule has 1 N–H and O–H groups in total. The molecule has 1 atom stereocenters. The molecule has 0 spiro atoms. The number of para-hydroxylation sites is 2. The van der Waals surface area contributed by atoms with E-state index in [0.717, 1.165) is 0 Å². The molecular weight excluding hydrogens is 350 g/mol. The first-order valence-corrected chi connectivity index (χ1v) is 10.1. The molecule has 140 valence electrons. The number of benzene rings is 2. The predicted molar refractivity (Wildman–Crippen MR) is 103 cm³/mol. The average Bonchev–Trinajstić information content (AvgIpc) is 2.55. The summed E-state index contributed by atoms with van der Waals surface area (Å²) in [5.41, 5.74) is 0.0293. The van der Waals surface area contributed by atoms with E-state index in [2.05, 4.69) is 5.32 Å². The minimum atomic E-state index is -3.69. The summed E-state index contributed by atoms with van der Waals surface area (Å²) < 4.78 is 31.2. The van der Waals surface area contributed by atoms with Crippen LogP contribution in [0, 0.1) is 0 Å². The van der Waals surface area contributed by atoms with Crippen LogP contribution < -0.4 is 10.1 Å². The van der Waals surface area contributed by atoms with Gasteiger partial charge in [0.1, 0.15) is 16.7 Å². The number of amides is 1. The maximum Gasteiger partial charge on any atom is 0.238 e. The van der Waals surface area contributed by atoms with Crippen molar-refractivity contribution in [3.63, 3.8) is 0 Å². The Morgan fingerprint density at radius 3 is 2.23 bits per heavy atom. The first-order chi connectivity index (χ1) is 12.1. The number of carbonyl (C=O) groups is 1. The standard InChI is InChI=1S/C20H25NO4S/c1-15(19(22)21-20(2,3)4)26(23,24)14-16-10-8-9-13-18(16)25-17-11-6-5-7-12-17/h5-13,15H,14H2,1-4H3,(H,21,22)/t15-/m1/s1. The van der Waals surface area contributed by atoms with Crippen molar-refractivity contribution in [3.05, 3.63) is 60.2 Å². The Bertz CT molecular complexity index is 855. The smallest absolute Gasteiger partial charge is 0.238 e. The number of sulfone groups is 1. The second-order valence-corrected chi connectivity index (χ2v) is 9.53. The van der Waals surface area contributed by atoms with Crippen LogP contribution in [0.5, 0.6) is 11.5 Å². The van der Waals surface area contributed by atoms with Crippen molar-refractivity contribution in [2.45, 2.75) is 44.2 Å². The molecule has 2 aromatic carbocycles. The number of carbonyl (C=O) groups excluding carboxylic acids is 1. The third-order valence-corrected chi connectivity index (χ3v) is 5.71. The average molecular weight is 375 g/mol. The van der Waals surface area contributed by atoms with Crippen molar-refractivity contribution >= 4 is 15.7 Å². The highest BCUT2D eigenvalue weighted by atomic mass is 32.2. The Balaban J connectivity index is 2.20. The van der Waals surface area contributed by atoms with E-state index >= 15 is 0 Å². The van der Waals surface area contributed by atoms with E-state index in [1.807, 2.05) is 39.0 Å². The Kier molecular flexibility index (Phi) is 6.08. The van der Waals surface area contributed by atoms with Gasteiger partial charge in [-0.05, 0) is 45.9 Å². The Morgan fingerprint density at radius 1 is 1.04 bits per heavy atom. The van der Waals surface area contributed by atoms with Crippen LogP contribution in [0.4, 0.5) is 0 Å². The lowest BCUT2D eigenvalue weighted by atomic mass is 10.1. The molecule has 2 aromatic rings. The Morgan fingerprint density at radius 2 is 1.62 bits per heavy atom. The molecule has 0 bridgehead atoms. The summed E-state index contributed by atoms with van der Waals surface area (Å²) in [6, 6.07) is 16.1. The largest absolute Gasteiger partial charge is 0.457 e. The molecule has 0 radical (unpaired) electrons. The molecule has 0 fully saturated rings. The van der Waals surface area contributed by atoms with Gasteiger partial charge >= 0.3 is 0 Å². The molecule has 0 aliphatic rings. The van der Waals surface area contributed by atoms with Crippen molar-refractivity contribution in [1.29, 1.82) is 0 Å². The van der Waals surface area contributed by atoms with Gasteiger partial charge < -0.3 is 10.1 Å². The van der Waals surface area contributed by atoms with Crippen LogP contribution in [0.25, 0.3) is 0 Å². The first kappa shape index (κ1) is 20.0. The zero-order valence-corrected chi connectivity index (χ0v) is 16.3. The third-order valence-electron chi connectivity index (χ3n) is 3.71. The molecule has 5 nitrogen and oxygen atoms in total. The van der Waals surface area contributed by atoms with E-state index in [9.17, 15) is 13.2 Å². The molecule has 0 aromatic heterocycles. The van der Waals surface area contributed by atoms with E-state index < -0.39 is 26.5 Å². The molecule has 0 saturated heterocycles. The highest BCUT2D eigenvalue weighted by molar-refractivity contribution is 7.92. The topological polar surface area (TPSA) is 72.5 Å². The molecule has 1 amide bonds. The van der Waals surface area contributed by atoms with Gasteiger partial charge in [0.05, 0.1) is 5.75 Å². The van der Waals surface area contributed by atoms with Gasteiger partial charge in [0, 0.05) is 11.1 Å². The van der Waals surface area contributed by atoms with Gasteiger partial charge in [0.15, 0.2) is 9.84 Å². The highest BCUT2D eigenvalue weighted by Crippen LogP contribution is 2.27. The van der Waals surface area contributed by atoms with Crippen LogP contribution in [-0.4, -0.2) is 25.1 Å². The Labute approximate surface area is 155 Å². The van der Waals surface area contributed by atoms with Gasteiger partial charge in [-0.25, -0.2) is 8.42 Å². The predicted octanol–water partition coefficient (Wildman–Crippen LogP) is 3.70. The monoisotopic (exact) mass is 375 g/mol. The number of rotatable bonds is 6. The summed E-state index contributed by atoms with van der Waals surface area (Å²) in [5.74, 6) is 0.315. The van der Waals surface area contributed by atoms with Gasteiger partial charge in [0.25, 0.3) is 0 Å². The number of hydrogen-bond acceptors (Lipinski definition) is 4. The molecule has 26 heavy (non-hydrogen) atoms. The summed E-state index contributed by atoms with van der Waals surface area (Å²) in [7, 11) is -3.69. The van der Waals surface area contributed by atoms with Crippen molar-refractivity contribution in [2.24, 2.45) is 0 Å². The Hall–Kier alpha value is -2.34. The summed E-state index contributed by atoms with van der Waals surface area (Å²) in [4.78, 5) is 12.2. The molecule has 6 heteroatoms. The molecule has 0 unspecified atom stereocenters. The maximum absolute atomic E-state index is 12.7. The molecule has 0 aliphatic carbocycles. The van der Waals surface area contributed by atoms with E-state index in [-0.39, 0.29) is 5.75 Å². The van der Waals surface area contributed by atoms with Crippen LogP contribution in [0.1, 0.15) is 33.3 Å². The fourth-order valence-electron chi connectivity index (χ4n) is 2.31. The van der Waals surface area contributed by atoms with E-state index in [1.165, 1.54) is 6.92 Å². The molecule has 2 rings (SSSR count). The van der Waals surface area contributed by atoms with Crippen LogP contribution in [0.15, 0.2) is 54.6 Å². The zero-order chi connectivity index (χ0) is 19.4. The summed E-state index contributed by atoms with van der Waals surface area (Å²) in [6.45, 7) is 6.85. The zero-order valence-electron chi connectivity index (χ0n) is 15.5. The summed E-state index contributed by atoms with van der Waals surface area (Å²) in [6.07, 6.45) is 0. The number of nitrogens with one attached hydrogen (secondary N) is 1. The second kappa shape index (κ2) is 7.91.